The zero-order valence-electron chi connectivity index (χ0n) is 8.45. The Hall–Kier alpha value is -2.10. The van der Waals surface area contributed by atoms with Gasteiger partial charge >= 0.3 is 0 Å². The summed E-state index contributed by atoms with van der Waals surface area (Å²) in [7, 11) is 0. The lowest BCUT2D eigenvalue weighted by molar-refractivity contribution is 0.429. The first-order valence-corrected chi connectivity index (χ1v) is 4.48. The van der Waals surface area contributed by atoms with Gasteiger partial charge in [0.15, 0.2) is 0 Å². The third-order valence-electron chi connectivity index (χ3n) is 1.86. The number of hydrogen-bond donors (Lipinski definition) is 1. The van der Waals surface area contributed by atoms with Gasteiger partial charge in [0.2, 0.25) is 0 Å². The van der Waals surface area contributed by atoms with E-state index in [4.69, 9.17) is 5.41 Å². The second kappa shape index (κ2) is 5.70. The van der Waals surface area contributed by atoms with E-state index in [-0.39, 0.29) is 5.71 Å². The average molecular weight is 220 g/mol. The van der Waals surface area contributed by atoms with E-state index in [2.05, 4.69) is 11.7 Å². The van der Waals surface area contributed by atoms with Crippen molar-refractivity contribution in [3.8, 4) is 0 Å². The van der Waals surface area contributed by atoms with Gasteiger partial charge in [0.1, 0.15) is 0 Å². The molecule has 0 fully saturated rings. The quantitative estimate of drug-likeness (QED) is 0.754. The van der Waals surface area contributed by atoms with Gasteiger partial charge in [0.25, 0.3) is 6.08 Å². The summed E-state index contributed by atoms with van der Waals surface area (Å²) in [6, 6.07) is 6.45. The van der Waals surface area contributed by atoms with Crippen LogP contribution in [-0.4, -0.2) is 12.4 Å². The third kappa shape index (κ3) is 3.24. The summed E-state index contributed by atoms with van der Waals surface area (Å²) >= 11 is 0. The summed E-state index contributed by atoms with van der Waals surface area (Å²) in [5.41, 5.74) is 0.844. The lowest BCUT2D eigenvalue weighted by Crippen LogP contribution is -1.97. The maximum atomic E-state index is 12.2. The van der Waals surface area contributed by atoms with Crippen molar-refractivity contribution in [1.82, 2.24) is 0 Å². The van der Waals surface area contributed by atoms with Crippen molar-refractivity contribution in [3.05, 3.63) is 53.7 Å². The number of nitrogens with one attached hydrogen (secondary N) is 1. The smallest absolute Gasteiger partial charge is 0.270 e. The van der Waals surface area contributed by atoms with Gasteiger partial charge in [-0.1, -0.05) is 24.3 Å². The van der Waals surface area contributed by atoms with Crippen LogP contribution in [-0.2, 0) is 0 Å². The summed E-state index contributed by atoms with van der Waals surface area (Å²) in [5, 5.41) is 7.67. The van der Waals surface area contributed by atoms with Gasteiger partial charge in [-0.3, -0.25) is 4.99 Å². The number of nitrogens with zero attached hydrogens (tertiary/aromatic N) is 1. The molecule has 1 aromatic carbocycles. The first kappa shape index (κ1) is 12.0. The Labute approximate surface area is 92.2 Å². The molecule has 0 saturated heterocycles. The van der Waals surface area contributed by atoms with E-state index in [1.165, 1.54) is 18.3 Å². The Balaban J connectivity index is 3.13. The van der Waals surface area contributed by atoms with Gasteiger partial charge in [-0.15, -0.1) is 0 Å². The van der Waals surface area contributed by atoms with Crippen LogP contribution in [0.5, 0.6) is 0 Å². The maximum Gasteiger partial charge on any atom is 0.270 e. The summed E-state index contributed by atoms with van der Waals surface area (Å²) in [5.74, 6) is 0. The highest BCUT2D eigenvalue weighted by Gasteiger charge is 2.04. The second-order valence-corrected chi connectivity index (χ2v) is 2.93. The molecular formula is C12H10F2N2. The topological polar surface area (TPSA) is 36.2 Å². The lowest BCUT2D eigenvalue weighted by atomic mass is 10.0. The molecule has 0 spiro atoms. The van der Waals surface area contributed by atoms with Crippen molar-refractivity contribution >= 4 is 18.5 Å². The van der Waals surface area contributed by atoms with Gasteiger partial charge in [-0.25, -0.2) is 0 Å². The first-order valence-electron chi connectivity index (χ1n) is 4.48. The number of allylic oxidation sites excluding steroid dienone is 1. The predicted octanol–water partition coefficient (Wildman–Crippen LogP) is 3.51. The molecule has 1 aromatic rings. The van der Waals surface area contributed by atoms with Crippen LogP contribution in [0.25, 0.3) is 6.08 Å². The highest BCUT2D eigenvalue weighted by atomic mass is 19.3. The molecule has 0 aliphatic heterocycles. The monoisotopic (exact) mass is 220 g/mol. The maximum absolute atomic E-state index is 12.2. The van der Waals surface area contributed by atoms with E-state index in [1.54, 1.807) is 18.2 Å². The van der Waals surface area contributed by atoms with Crippen LogP contribution in [0.2, 0.25) is 0 Å². The molecule has 16 heavy (non-hydrogen) atoms. The molecule has 4 heteroatoms. The number of aliphatic imine (C=N–C) groups is 1. The van der Waals surface area contributed by atoms with Crippen LogP contribution in [0.15, 0.2) is 47.6 Å². The van der Waals surface area contributed by atoms with Crippen molar-refractivity contribution in [1.29, 1.82) is 5.41 Å². The molecule has 0 bridgehead atoms. The van der Waals surface area contributed by atoms with Crippen LogP contribution in [0.4, 0.5) is 8.78 Å². The Bertz CT molecular complexity index is 458. The molecular weight excluding hydrogens is 210 g/mol. The van der Waals surface area contributed by atoms with E-state index in [9.17, 15) is 8.78 Å². The molecule has 0 radical (unpaired) electrons. The van der Waals surface area contributed by atoms with Gasteiger partial charge in [0, 0.05) is 17.8 Å². The number of benzene rings is 1. The molecule has 0 aromatic heterocycles. The number of rotatable bonds is 4. The SMILES string of the molecule is C=N/C=C\C(=N)c1ccccc1C=C(F)F. The summed E-state index contributed by atoms with van der Waals surface area (Å²) < 4.78 is 24.3. The van der Waals surface area contributed by atoms with Crippen LogP contribution in [0.1, 0.15) is 11.1 Å². The highest BCUT2D eigenvalue weighted by molar-refractivity contribution is 6.08. The largest absolute Gasteiger partial charge is 0.300 e. The minimum Gasteiger partial charge on any atom is -0.300 e. The summed E-state index contributed by atoms with van der Waals surface area (Å²) in [6.07, 6.45) is 1.69. The van der Waals surface area contributed by atoms with Crippen LogP contribution in [0, 0.1) is 5.41 Å². The normalized spacial score (nSPS) is 10.1. The molecule has 82 valence electrons. The zero-order chi connectivity index (χ0) is 12.0. The Morgan fingerprint density at radius 2 is 2.00 bits per heavy atom. The molecule has 2 nitrogen and oxygen atoms in total. The van der Waals surface area contributed by atoms with Gasteiger partial charge in [0.05, 0.1) is 5.71 Å². The van der Waals surface area contributed by atoms with E-state index in [1.807, 2.05) is 0 Å². The van der Waals surface area contributed by atoms with Crippen molar-refractivity contribution in [3.63, 3.8) is 0 Å². The Morgan fingerprint density at radius 3 is 2.62 bits per heavy atom. The first-order chi connectivity index (χ1) is 7.65. The fraction of sp³-hybridized carbons (Fsp3) is 0. The number of halogens is 2. The van der Waals surface area contributed by atoms with E-state index in [0.29, 0.717) is 11.1 Å². The molecule has 0 atom stereocenters. The predicted molar refractivity (Wildman–Crippen MR) is 62.2 cm³/mol. The van der Waals surface area contributed by atoms with Crippen molar-refractivity contribution < 1.29 is 8.78 Å². The molecule has 0 amide bonds. The fourth-order valence-corrected chi connectivity index (χ4v) is 1.20. The third-order valence-corrected chi connectivity index (χ3v) is 1.86. The fourth-order valence-electron chi connectivity index (χ4n) is 1.20. The minimum atomic E-state index is -1.79. The Morgan fingerprint density at radius 1 is 1.31 bits per heavy atom. The molecule has 1 N–H and O–H groups in total. The van der Waals surface area contributed by atoms with E-state index < -0.39 is 6.08 Å². The number of hydrogen-bond acceptors (Lipinski definition) is 2. The van der Waals surface area contributed by atoms with Crippen molar-refractivity contribution in [2.24, 2.45) is 4.99 Å². The molecule has 1 rings (SSSR count). The molecule has 0 unspecified atom stereocenters. The van der Waals surface area contributed by atoms with Crippen LogP contribution < -0.4 is 0 Å². The summed E-state index contributed by atoms with van der Waals surface area (Å²) in [4.78, 5) is 3.46. The van der Waals surface area contributed by atoms with Crippen LogP contribution >= 0.6 is 0 Å². The standard InChI is InChI=1S/C12H10F2N2/c1-16-7-6-11(15)10-5-3-2-4-9(10)8-12(13)14/h2-8,15H,1H2/b7-6-,15-11?. The van der Waals surface area contributed by atoms with Gasteiger partial charge in [-0.05, 0) is 18.4 Å². The molecule has 0 saturated carbocycles. The molecule has 0 heterocycles. The zero-order valence-corrected chi connectivity index (χ0v) is 8.45. The molecule has 0 aliphatic carbocycles. The second-order valence-electron chi connectivity index (χ2n) is 2.93. The average Bonchev–Trinajstić information content (AvgIpc) is 2.26. The van der Waals surface area contributed by atoms with Crippen molar-refractivity contribution in [2.75, 3.05) is 0 Å². The lowest BCUT2D eigenvalue weighted by Gasteiger charge is -2.03. The van der Waals surface area contributed by atoms with E-state index in [0.717, 1.165) is 6.08 Å². The minimum absolute atomic E-state index is 0.112. The van der Waals surface area contributed by atoms with Crippen LogP contribution in [0.3, 0.4) is 0 Å². The van der Waals surface area contributed by atoms with Crippen molar-refractivity contribution in [2.45, 2.75) is 0 Å². The summed E-state index contributed by atoms with van der Waals surface area (Å²) in [6.45, 7) is 3.23. The molecule has 0 aliphatic rings. The van der Waals surface area contributed by atoms with Gasteiger partial charge in [-0.2, -0.15) is 8.78 Å². The van der Waals surface area contributed by atoms with E-state index >= 15 is 0 Å². The Kier molecular flexibility index (Phi) is 4.27. The van der Waals surface area contributed by atoms with Gasteiger partial charge < -0.3 is 5.41 Å². The highest BCUT2D eigenvalue weighted by Crippen LogP contribution is 2.15.